The number of aryl methyl sites for hydroxylation is 1. The Balaban J connectivity index is 1.74. The zero-order valence-corrected chi connectivity index (χ0v) is 16.8. The van der Waals surface area contributed by atoms with Crippen molar-refractivity contribution in [3.05, 3.63) is 93.3 Å². The van der Waals surface area contributed by atoms with Gasteiger partial charge in [-0.15, -0.1) is 11.3 Å². The third-order valence-corrected chi connectivity index (χ3v) is 6.06. The Morgan fingerprint density at radius 3 is 2.61 bits per heavy atom. The Morgan fingerprint density at radius 1 is 1.07 bits per heavy atom. The Morgan fingerprint density at radius 2 is 1.82 bits per heavy atom. The van der Waals surface area contributed by atoms with Crippen molar-refractivity contribution in [2.45, 2.75) is 13.3 Å². The molecule has 1 heterocycles. The second-order valence-electron chi connectivity index (χ2n) is 6.68. The standard InChI is InChI=1S/C23H18ClNO2S/c1-14-6-8-15(9-7-14)12-18-17-4-2-3-5-21(17)28-22(18)23(27)25-19-13-16(24)10-11-20(19)26/h2-11,13,26H,12H2,1H3,(H,25,27). The molecule has 0 fully saturated rings. The molecule has 4 rings (SSSR count). The summed E-state index contributed by atoms with van der Waals surface area (Å²) in [5.74, 6) is -0.264. The Hall–Kier alpha value is -2.82. The monoisotopic (exact) mass is 407 g/mol. The number of aromatic hydroxyl groups is 1. The summed E-state index contributed by atoms with van der Waals surface area (Å²) in [5, 5.41) is 14.4. The molecule has 0 aliphatic rings. The van der Waals surface area contributed by atoms with Gasteiger partial charge in [-0.1, -0.05) is 59.6 Å². The smallest absolute Gasteiger partial charge is 0.266 e. The lowest BCUT2D eigenvalue weighted by atomic mass is 10.0. The van der Waals surface area contributed by atoms with Crippen LogP contribution < -0.4 is 5.32 Å². The van der Waals surface area contributed by atoms with Gasteiger partial charge in [0.15, 0.2) is 0 Å². The molecule has 0 aliphatic carbocycles. The summed E-state index contributed by atoms with van der Waals surface area (Å²) >= 11 is 7.46. The van der Waals surface area contributed by atoms with Crippen molar-refractivity contribution in [1.82, 2.24) is 0 Å². The van der Waals surface area contributed by atoms with Gasteiger partial charge in [-0.05, 0) is 54.1 Å². The van der Waals surface area contributed by atoms with E-state index in [-0.39, 0.29) is 11.7 Å². The van der Waals surface area contributed by atoms with Gasteiger partial charge in [-0.2, -0.15) is 0 Å². The highest BCUT2D eigenvalue weighted by Crippen LogP contribution is 2.34. The van der Waals surface area contributed by atoms with Crippen LogP contribution in [0.3, 0.4) is 0 Å². The van der Waals surface area contributed by atoms with Crippen molar-refractivity contribution in [1.29, 1.82) is 0 Å². The van der Waals surface area contributed by atoms with Gasteiger partial charge in [0.25, 0.3) is 5.91 Å². The highest BCUT2D eigenvalue weighted by atomic mass is 35.5. The molecule has 0 saturated heterocycles. The normalized spacial score (nSPS) is 10.9. The molecule has 0 atom stereocenters. The fraction of sp³-hybridized carbons (Fsp3) is 0.0870. The molecule has 3 nitrogen and oxygen atoms in total. The maximum Gasteiger partial charge on any atom is 0.266 e. The zero-order chi connectivity index (χ0) is 19.7. The maximum absolute atomic E-state index is 13.1. The van der Waals surface area contributed by atoms with E-state index in [2.05, 4.69) is 36.5 Å². The summed E-state index contributed by atoms with van der Waals surface area (Å²) in [6.45, 7) is 2.06. The first-order chi connectivity index (χ1) is 13.5. The number of fused-ring (bicyclic) bond motifs is 1. The topological polar surface area (TPSA) is 49.3 Å². The molecule has 140 valence electrons. The first-order valence-corrected chi connectivity index (χ1v) is 10.1. The van der Waals surface area contributed by atoms with Crippen LogP contribution in [0.15, 0.2) is 66.7 Å². The van der Waals surface area contributed by atoms with E-state index in [0.29, 0.717) is 22.0 Å². The van der Waals surface area contributed by atoms with Crippen LogP contribution in [0.1, 0.15) is 26.4 Å². The van der Waals surface area contributed by atoms with E-state index < -0.39 is 0 Å². The van der Waals surface area contributed by atoms with E-state index in [4.69, 9.17) is 11.6 Å². The number of halogens is 1. The van der Waals surface area contributed by atoms with Gasteiger partial charge >= 0.3 is 0 Å². The SMILES string of the molecule is Cc1ccc(Cc2c(C(=O)Nc3cc(Cl)ccc3O)sc3ccccc23)cc1. The number of carbonyl (C=O) groups excluding carboxylic acids is 1. The summed E-state index contributed by atoms with van der Waals surface area (Å²) in [5.41, 5.74) is 3.64. The third-order valence-electron chi connectivity index (χ3n) is 4.61. The quantitative estimate of drug-likeness (QED) is 0.384. The van der Waals surface area contributed by atoms with Gasteiger partial charge in [0.1, 0.15) is 5.75 Å². The molecule has 3 aromatic carbocycles. The number of benzene rings is 3. The fourth-order valence-electron chi connectivity index (χ4n) is 3.16. The minimum absolute atomic E-state index is 0.0149. The van der Waals surface area contributed by atoms with Gasteiger partial charge < -0.3 is 10.4 Å². The summed E-state index contributed by atoms with van der Waals surface area (Å²) < 4.78 is 1.06. The van der Waals surface area contributed by atoms with Crippen molar-refractivity contribution >= 4 is 44.6 Å². The number of rotatable bonds is 4. The molecule has 0 spiro atoms. The van der Waals surface area contributed by atoms with Crippen LogP contribution in [0.2, 0.25) is 5.02 Å². The van der Waals surface area contributed by atoms with Crippen molar-refractivity contribution in [2.24, 2.45) is 0 Å². The number of phenols is 1. The van der Waals surface area contributed by atoms with Crippen molar-refractivity contribution in [2.75, 3.05) is 5.32 Å². The molecule has 0 saturated carbocycles. The van der Waals surface area contributed by atoms with E-state index in [1.165, 1.54) is 23.0 Å². The predicted molar refractivity (Wildman–Crippen MR) is 117 cm³/mol. The number of carbonyl (C=O) groups is 1. The van der Waals surface area contributed by atoms with Crippen LogP contribution in [0.5, 0.6) is 5.75 Å². The molecule has 5 heteroatoms. The lowest BCUT2D eigenvalue weighted by Crippen LogP contribution is -2.12. The fourth-order valence-corrected chi connectivity index (χ4v) is 4.44. The van der Waals surface area contributed by atoms with Crippen LogP contribution in [-0.4, -0.2) is 11.0 Å². The number of anilines is 1. The number of thiophene rings is 1. The summed E-state index contributed by atoms with van der Waals surface area (Å²) in [6.07, 6.45) is 0.661. The molecule has 28 heavy (non-hydrogen) atoms. The molecule has 0 bridgehead atoms. The molecular weight excluding hydrogens is 390 g/mol. The van der Waals surface area contributed by atoms with E-state index in [0.717, 1.165) is 21.2 Å². The molecule has 4 aromatic rings. The third kappa shape index (κ3) is 3.75. The van der Waals surface area contributed by atoms with Gasteiger partial charge in [0.2, 0.25) is 0 Å². The number of nitrogens with one attached hydrogen (secondary N) is 1. The van der Waals surface area contributed by atoms with Gasteiger partial charge in [-0.25, -0.2) is 0 Å². The molecule has 1 amide bonds. The number of hydrogen-bond acceptors (Lipinski definition) is 3. The molecule has 1 aromatic heterocycles. The zero-order valence-electron chi connectivity index (χ0n) is 15.2. The summed E-state index contributed by atoms with van der Waals surface area (Å²) in [7, 11) is 0. The van der Waals surface area contributed by atoms with Crippen molar-refractivity contribution in [3.63, 3.8) is 0 Å². The van der Waals surface area contributed by atoms with Crippen molar-refractivity contribution in [3.8, 4) is 5.75 Å². The first-order valence-electron chi connectivity index (χ1n) is 8.87. The van der Waals surface area contributed by atoms with E-state index in [9.17, 15) is 9.90 Å². The highest BCUT2D eigenvalue weighted by molar-refractivity contribution is 7.21. The van der Waals surface area contributed by atoms with Gasteiger partial charge in [0, 0.05) is 9.72 Å². The second-order valence-corrected chi connectivity index (χ2v) is 8.17. The van der Waals surface area contributed by atoms with Gasteiger partial charge in [0.05, 0.1) is 10.6 Å². The van der Waals surface area contributed by atoms with Crippen LogP contribution in [-0.2, 0) is 6.42 Å². The van der Waals surface area contributed by atoms with Gasteiger partial charge in [-0.3, -0.25) is 4.79 Å². The number of amides is 1. The molecular formula is C23H18ClNO2S. The van der Waals surface area contributed by atoms with E-state index in [1.54, 1.807) is 12.1 Å². The van der Waals surface area contributed by atoms with E-state index >= 15 is 0 Å². The molecule has 0 unspecified atom stereocenters. The average molecular weight is 408 g/mol. The minimum Gasteiger partial charge on any atom is -0.506 e. The van der Waals surface area contributed by atoms with Crippen LogP contribution in [0, 0.1) is 6.92 Å². The predicted octanol–water partition coefficient (Wildman–Crippen LogP) is 6.41. The summed E-state index contributed by atoms with van der Waals surface area (Å²) in [6, 6.07) is 20.9. The Labute approximate surface area is 172 Å². The molecule has 0 radical (unpaired) electrons. The lowest BCUT2D eigenvalue weighted by Gasteiger charge is -2.09. The number of hydrogen-bond donors (Lipinski definition) is 2. The average Bonchev–Trinajstić information content (AvgIpc) is 3.05. The van der Waals surface area contributed by atoms with Crippen molar-refractivity contribution < 1.29 is 9.90 Å². The van der Waals surface area contributed by atoms with E-state index in [1.807, 2.05) is 24.3 Å². The summed E-state index contributed by atoms with van der Waals surface area (Å²) in [4.78, 5) is 13.7. The van der Waals surface area contributed by atoms with Crippen LogP contribution in [0.25, 0.3) is 10.1 Å². The minimum atomic E-state index is -0.249. The van der Waals surface area contributed by atoms with Crippen LogP contribution >= 0.6 is 22.9 Å². The molecule has 0 aliphatic heterocycles. The largest absolute Gasteiger partial charge is 0.506 e. The van der Waals surface area contributed by atoms with Crippen LogP contribution in [0.4, 0.5) is 5.69 Å². The second kappa shape index (κ2) is 7.66. The Kier molecular flexibility index (Phi) is 5.07. The first kappa shape index (κ1) is 18.5. The highest BCUT2D eigenvalue weighted by Gasteiger charge is 2.19. The maximum atomic E-state index is 13.1. The number of phenolic OH excluding ortho intramolecular Hbond substituents is 1. The molecule has 2 N–H and O–H groups in total. The lowest BCUT2D eigenvalue weighted by molar-refractivity contribution is 0.102. The Bertz CT molecular complexity index is 1170.